The minimum absolute atomic E-state index is 0.0591. The molecule has 0 aliphatic heterocycles. The van der Waals surface area contributed by atoms with Crippen LogP contribution in [0, 0.1) is 5.92 Å². The van der Waals surface area contributed by atoms with E-state index in [1.165, 1.54) is 81.9 Å². The Morgan fingerprint density at radius 2 is 1.27 bits per heavy atom. The summed E-state index contributed by atoms with van der Waals surface area (Å²) in [5.41, 5.74) is 0. The Morgan fingerprint density at radius 1 is 0.833 bits per heavy atom. The van der Waals surface area contributed by atoms with E-state index in [0.29, 0.717) is 6.61 Å². The molecule has 0 N–H and O–H groups in total. The van der Waals surface area contributed by atoms with Gasteiger partial charge in [0.05, 0.1) is 12.9 Å². The number of unbranched alkanes of at least 4 members (excludes halogenated alkanes) is 13. The molecule has 0 aromatic heterocycles. The molecule has 0 saturated carbocycles. The van der Waals surface area contributed by atoms with Crippen LogP contribution in [0.3, 0.4) is 0 Å². The normalized spacial score (nSPS) is 11.9. The zero-order valence-corrected chi connectivity index (χ0v) is 20.1. The Bertz CT molecular complexity index is 450. The molecule has 0 bridgehead atoms. The fraction of sp³-hybridized carbons (Fsp3) is 0.840. The predicted molar refractivity (Wildman–Crippen MR) is 124 cm³/mol. The Kier molecular flexibility index (Phi) is 18.5. The lowest BCUT2D eigenvalue weighted by atomic mass is 10.0. The maximum Gasteiger partial charge on any atom is 0.415 e. The molecular weight excluding hydrogens is 378 g/mol. The third-order valence-corrected chi connectivity index (χ3v) is 5.50. The number of rotatable bonds is 19. The van der Waals surface area contributed by atoms with Crippen LogP contribution < -0.4 is 0 Å². The number of amides is 1. The highest BCUT2D eigenvalue weighted by Gasteiger charge is 2.31. The van der Waals surface area contributed by atoms with Gasteiger partial charge in [-0.3, -0.25) is 4.90 Å². The summed E-state index contributed by atoms with van der Waals surface area (Å²) in [5, 5.41) is 0. The van der Waals surface area contributed by atoms with E-state index in [0.717, 1.165) is 19.1 Å². The van der Waals surface area contributed by atoms with Crippen molar-refractivity contribution in [3.63, 3.8) is 0 Å². The Labute approximate surface area is 185 Å². The second kappa shape index (κ2) is 19.4. The van der Waals surface area contributed by atoms with Gasteiger partial charge in [-0.15, -0.1) is 0 Å². The molecule has 30 heavy (non-hydrogen) atoms. The van der Waals surface area contributed by atoms with Crippen molar-refractivity contribution in [2.75, 3.05) is 13.7 Å². The molecule has 0 fully saturated rings. The first-order valence-corrected chi connectivity index (χ1v) is 12.2. The molecule has 176 valence electrons. The molecule has 0 aliphatic rings. The van der Waals surface area contributed by atoms with Crippen molar-refractivity contribution in [3.8, 4) is 0 Å². The van der Waals surface area contributed by atoms with Crippen molar-refractivity contribution in [3.05, 3.63) is 12.8 Å². The zero-order valence-electron chi connectivity index (χ0n) is 20.1. The second-order valence-electron chi connectivity index (χ2n) is 8.61. The van der Waals surface area contributed by atoms with Gasteiger partial charge in [-0.1, -0.05) is 111 Å². The van der Waals surface area contributed by atoms with Gasteiger partial charge in [-0.25, -0.2) is 9.59 Å². The molecule has 0 rings (SSSR count). The van der Waals surface area contributed by atoms with Gasteiger partial charge in [-0.05, 0) is 12.3 Å². The summed E-state index contributed by atoms with van der Waals surface area (Å²) in [4.78, 5) is 25.5. The number of ether oxygens (including phenoxy) is 2. The van der Waals surface area contributed by atoms with Crippen molar-refractivity contribution in [1.82, 2.24) is 4.90 Å². The van der Waals surface area contributed by atoms with Gasteiger partial charge >= 0.3 is 12.1 Å². The minimum Gasteiger partial charge on any atom is -0.464 e. The summed E-state index contributed by atoms with van der Waals surface area (Å²) >= 11 is 0. The number of hydrogen-bond donors (Lipinski definition) is 0. The van der Waals surface area contributed by atoms with E-state index in [1.54, 1.807) is 7.05 Å². The van der Waals surface area contributed by atoms with Crippen LogP contribution in [-0.4, -0.2) is 36.7 Å². The molecule has 1 amide bonds. The van der Waals surface area contributed by atoms with Crippen LogP contribution in [0.4, 0.5) is 4.79 Å². The molecular formula is C25H47NO4. The average Bonchev–Trinajstić information content (AvgIpc) is 2.70. The summed E-state index contributed by atoms with van der Waals surface area (Å²) in [6, 6.07) is -0.649. The third kappa shape index (κ3) is 14.5. The van der Waals surface area contributed by atoms with E-state index in [1.807, 2.05) is 13.8 Å². The van der Waals surface area contributed by atoms with E-state index in [9.17, 15) is 9.59 Å². The van der Waals surface area contributed by atoms with Crippen LogP contribution in [0.5, 0.6) is 0 Å². The highest BCUT2D eigenvalue weighted by molar-refractivity contribution is 5.81. The topological polar surface area (TPSA) is 55.8 Å². The van der Waals surface area contributed by atoms with Crippen molar-refractivity contribution < 1.29 is 19.1 Å². The molecule has 0 aromatic carbocycles. The van der Waals surface area contributed by atoms with Crippen LogP contribution in [0.2, 0.25) is 0 Å². The van der Waals surface area contributed by atoms with Crippen molar-refractivity contribution >= 4 is 12.1 Å². The van der Waals surface area contributed by atoms with E-state index >= 15 is 0 Å². The van der Waals surface area contributed by atoms with Crippen LogP contribution >= 0.6 is 0 Å². The lowest BCUT2D eigenvalue weighted by Crippen LogP contribution is -2.46. The molecule has 0 radical (unpaired) electrons. The van der Waals surface area contributed by atoms with Crippen LogP contribution in [0.25, 0.3) is 0 Å². The first-order chi connectivity index (χ1) is 14.5. The van der Waals surface area contributed by atoms with Gasteiger partial charge in [0, 0.05) is 7.05 Å². The summed E-state index contributed by atoms with van der Waals surface area (Å²) in [6.45, 7) is 9.81. The number of likely N-dealkylation sites (N-methyl/N-ethyl adjacent to an activating group) is 1. The van der Waals surface area contributed by atoms with Crippen LogP contribution in [-0.2, 0) is 14.3 Å². The van der Waals surface area contributed by atoms with E-state index in [4.69, 9.17) is 9.47 Å². The highest BCUT2D eigenvalue weighted by Crippen LogP contribution is 2.15. The van der Waals surface area contributed by atoms with E-state index < -0.39 is 12.1 Å². The van der Waals surface area contributed by atoms with E-state index in [2.05, 4.69) is 13.5 Å². The number of esters is 1. The molecule has 0 heterocycles. The first-order valence-electron chi connectivity index (χ1n) is 12.2. The molecule has 5 nitrogen and oxygen atoms in total. The third-order valence-electron chi connectivity index (χ3n) is 5.50. The number of carbonyl (C=O) groups is 2. The monoisotopic (exact) mass is 425 g/mol. The first kappa shape index (κ1) is 28.5. The largest absolute Gasteiger partial charge is 0.464 e. The van der Waals surface area contributed by atoms with Gasteiger partial charge in [0.1, 0.15) is 6.04 Å². The summed E-state index contributed by atoms with van der Waals surface area (Å²) in [7, 11) is 1.55. The lowest BCUT2D eigenvalue weighted by molar-refractivity contribution is -0.150. The fourth-order valence-electron chi connectivity index (χ4n) is 3.70. The smallest absolute Gasteiger partial charge is 0.415 e. The highest BCUT2D eigenvalue weighted by atomic mass is 16.6. The quantitative estimate of drug-likeness (QED) is 0.124. The number of nitrogens with zero attached hydrogens (tertiary/aromatic N) is 1. The number of carbonyl (C=O) groups excluding carboxylic acids is 2. The molecule has 0 aliphatic carbocycles. The van der Waals surface area contributed by atoms with Gasteiger partial charge in [0.2, 0.25) is 0 Å². The van der Waals surface area contributed by atoms with Crippen molar-refractivity contribution in [2.24, 2.45) is 5.92 Å². The van der Waals surface area contributed by atoms with Gasteiger partial charge in [0.25, 0.3) is 0 Å². The Morgan fingerprint density at radius 3 is 1.67 bits per heavy atom. The van der Waals surface area contributed by atoms with Gasteiger partial charge in [0.15, 0.2) is 0 Å². The molecule has 0 spiro atoms. The number of hydrogen-bond acceptors (Lipinski definition) is 4. The average molecular weight is 426 g/mol. The van der Waals surface area contributed by atoms with Crippen LogP contribution in [0.1, 0.15) is 111 Å². The van der Waals surface area contributed by atoms with Gasteiger partial charge in [-0.2, -0.15) is 0 Å². The molecule has 0 aromatic rings. The minimum atomic E-state index is -0.649. The molecule has 5 heteroatoms. The molecule has 0 saturated heterocycles. The second-order valence-corrected chi connectivity index (χ2v) is 8.61. The lowest BCUT2D eigenvalue weighted by Gasteiger charge is -2.28. The fourth-order valence-corrected chi connectivity index (χ4v) is 3.70. The zero-order chi connectivity index (χ0) is 22.6. The van der Waals surface area contributed by atoms with Crippen molar-refractivity contribution in [1.29, 1.82) is 0 Å². The Balaban J connectivity index is 3.69. The van der Waals surface area contributed by atoms with E-state index in [-0.39, 0.29) is 11.9 Å². The Hall–Kier alpha value is -1.52. The predicted octanol–water partition coefficient (Wildman–Crippen LogP) is 7.25. The van der Waals surface area contributed by atoms with Gasteiger partial charge < -0.3 is 9.47 Å². The summed E-state index contributed by atoms with van der Waals surface area (Å²) in [5.74, 6) is -0.431. The summed E-state index contributed by atoms with van der Waals surface area (Å²) < 4.78 is 10.2. The van der Waals surface area contributed by atoms with Crippen LogP contribution in [0.15, 0.2) is 12.8 Å². The summed E-state index contributed by atoms with van der Waals surface area (Å²) in [6.07, 6.45) is 18.6. The maximum absolute atomic E-state index is 12.4. The standard InChI is InChI=1S/C25H47NO4/c1-6-8-9-10-11-12-13-14-15-16-17-18-19-20-21-30-24(27)23(22(3)4)26(5)25(28)29-7-2/h7,22-23H,2,6,8-21H2,1,3-5H3. The SMILES string of the molecule is C=COC(=O)N(C)C(C(=O)OCCCCCCCCCCCCCCCC)C(C)C. The molecule has 1 unspecified atom stereocenters. The van der Waals surface area contributed by atoms with Crippen molar-refractivity contribution in [2.45, 2.75) is 117 Å². The maximum atomic E-state index is 12.4. The molecule has 1 atom stereocenters.